The zero-order valence-electron chi connectivity index (χ0n) is 5.50. The van der Waals surface area contributed by atoms with Crippen molar-refractivity contribution < 1.29 is 0 Å². The Morgan fingerprint density at radius 1 is 1.89 bits per heavy atom. The summed E-state index contributed by atoms with van der Waals surface area (Å²) in [7, 11) is 0. The van der Waals surface area contributed by atoms with E-state index < -0.39 is 0 Å². The van der Waals surface area contributed by atoms with Gasteiger partial charge in [0.2, 0.25) is 0 Å². The number of thiocarbonyl (C=S) groups is 1. The standard InChI is InChI=1S/C6H11NS2/c1-3-5-7(4-2)6(8)9/h3H,1,4-5H2,2H3,(H,8,9). The second-order valence-corrected chi connectivity index (χ2v) is 2.72. The minimum Gasteiger partial charge on any atom is -0.354 e. The molecule has 0 saturated carbocycles. The molecule has 0 aromatic carbocycles. The van der Waals surface area contributed by atoms with Crippen molar-refractivity contribution in [1.29, 1.82) is 0 Å². The molecule has 0 aromatic heterocycles. The van der Waals surface area contributed by atoms with Crippen LogP contribution in [0.3, 0.4) is 0 Å². The summed E-state index contributed by atoms with van der Waals surface area (Å²) in [5.74, 6) is 0. The van der Waals surface area contributed by atoms with Crippen LogP contribution < -0.4 is 0 Å². The van der Waals surface area contributed by atoms with Crippen molar-refractivity contribution in [1.82, 2.24) is 4.90 Å². The summed E-state index contributed by atoms with van der Waals surface area (Å²) in [4.78, 5) is 1.95. The monoisotopic (exact) mass is 161 g/mol. The average Bonchev–Trinajstić information content (AvgIpc) is 1.82. The van der Waals surface area contributed by atoms with E-state index in [1.807, 2.05) is 17.9 Å². The predicted octanol–water partition coefficient (Wildman–Crippen LogP) is 1.71. The van der Waals surface area contributed by atoms with E-state index in [4.69, 9.17) is 12.2 Å². The van der Waals surface area contributed by atoms with Gasteiger partial charge in [0.25, 0.3) is 0 Å². The van der Waals surface area contributed by atoms with Crippen molar-refractivity contribution in [2.45, 2.75) is 6.92 Å². The van der Waals surface area contributed by atoms with Crippen LogP contribution in [0, 0.1) is 0 Å². The first-order chi connectivity index (χ1) is 4.22. The summed E-state index contributed by atoms with van der Waals surface area (Å²) in [6.45, 7) is 7.32. The molecule has 0 aromatic rings. The van der Waals surface area contributed by atoms with Crippen LogP contribution in [0.15, 0.2) is 12.7 Å². The number of rotatable bonds is 3. The summed E-state index contributed by atoms with van der Waals surface area (Å²) >= 11 is 8.84. The molecule has 0 N–H and O–H groups in total. The fourth-order valence-electron chi connectivity index (χ4n) is 0.498. The summed E-state index contributed by atoms with van der Waals surface area (Å²) in [6, 6.07) is 0. The van der Waals surface area contributed by atoms with Gasteiger partial charge < -0.3 is 4.90 Å². The summed E-state index contributed by atoms with van der Waals surface area (Å²) in [5, 5.41) is 0. The van der Waals surface area contributed by atoms with E-state index in [1.165, 1.54) is 0 Å². The second kappa shape index (κ2) is 4.82. The highest BCUT2D eigenvalue weighted by atomic mass is 32.1. The molecule has 0 saturated heterocycles. The molecule has 52 valence electrons. The van der Waals surface area contributed by atoms with Gasteiger partial charge in [-0.25, -0.2) is 0 Å². The fraction of sp³-hybridized carbons (Fsp3) is 0.500. The zero-order chi connectivity index (χ0) is 7.28. The molecule has 1 nitrogen and oxygen atoms in total. The molecule has 0 fully saturated rings. The zero-order valence-corrected chi connectivity index (χ0v) is 7.21. The van der Waals surface area contributed by atoms with Crippen LogP contribution in [-0.4, -0.2) is 22.3 Å². The van der Waals surface area contributed by atoms with Crippen LogP contribution in [0.2, 0.25) is 0 Å². The molecule has 0 atom stereocenters. The van der Waals surface area contributed by atoms with Crippen LogP contribution in [-0.2, 0) is 0 Å². The fourth-order valence-corrected chi connectivity index (χ4v) is 0.925. The van der Waals surface area contributed by atoms with Crippen LogP contribution in [0.4, 0.5) is 0 Å². The Balaban J connectivity index is 3.67. The van der Waals surface area contributed by atoms with E-state index in [2.05, 4.69) is 19.2 Å². The summed E-state index contributed by atoms with van der Waals surface area (Å²) in [6.07, 6.45) is 1.81. The van der Waals surface area contributed by atoms with Crippen molar-refractivity contribution >= 4 is 29.2 Å². The van der Waals surface area contributed by atoms with Gasteiger partial charge in [-0.15, -0.1) is 19.2 Å². The number of likely N-dealkylation sites (N-methyl/N-ethyl adjacent to an activating group) is 1. The van der Waals surface area contributed by atoms with E-state index in [0.717, 1.165) is 13.1 Å². The van der Waals surface area contributed by atoms with E-state index in [0.29, 0.717) is 4.32 Å². The van der Waals surface area contributed by atoms with Crippen molar-refractivity contribution in [3.63, 3.8) is 0 Å². The van der Waals surface area contributed by atoms with Crippen LogP contribution in [0.5, 0.6) is 0 Å². The normalized spacial score (nSPS) is 8.67. The third-order valence-corrected chi connectivity index (χ3v) is 1.54. The highest BCUT2D eigenvalue weighted by Gasteiger charge is 1.97. The van der Waals surface area contributed by atoms with Crippen molar-refractivity contribution in [3.05, 3.63) is 12.7 Å². The lowest BCUT2D eigenvalue weighted by atomic mass is 10.5. The maximum absolute atomic E-state index is 4.82. The minimum atomic E-state index is 0.636. The van der Waals surface area contributed by atoms with E-state index in [1.54, 1.807) is 0 Å². The molecular weight excluding hydrogens is 150 g/mol. The van der Waals surface area contributed by atoms with Crippen LogP contribution in [0.25, 0.3) is 0 Å². The van der Waals surface area contributed by atoms with E-state index in [9.17, 15) is 0 Å². The summed E-state index contributed by atoms with van der Waals surface area (Å²) < 4.78 is 0.636. The topological polar surface area (TPSA) is 3.24 Å². The Bertz CT molecular complexity index is 112. The van der Waals surface area contributed by atoms with E-state index >= 15 is 0 Å². The quantitative estimate of drug-likeness (QED) is 0.381. The Hall–Kier alpha value is -0.0200. The molecule has 0 aliphatic carbocycles. The SMILES string of the molecule is C=CCN(CC)C(=S)S. The van der Waals surface area contributed by atoms with Gasteiger partial charge in [-0.1, -0.05) is 18.3 Å². The Morgan fingerprint density at radius 2 is 2.44 bits per heavy atom. The molecule has 0 unspecified atom stereocenters. The number of hydrogen-bond donors (Lipinski definition) is 1. The molecule has 0 spiro atoms. The highest BCUT2D eigenvalue weighted by molar-refractivity contribution is 8.10. The largest absolute Gasteiger partial charge is 0.354 e. The third-order valence-electron chi connectivity index (χ3n) is 1.00. The Kier molecular flexibility index (Phi) is 4.81. The van der Waals surface area contributed by atoms with Gasteiger partial charge in [-0.3, -0.25) is 0 Å². The first kappa shape index (κ1) is 8.98. The van der Waals surface area contributed by atoms with Gasteiger partial charge in [0.05, 0.1) is 0 Å². The molecule has 3 heteroatoms. The van der Waals surface area contributed by atoms with Gasteiger partial charge in [0, 0.05) is 13.1 Å². The lowest BCUT2D eigenvalue weighted by molar-refractivity contribution is 0.507. The number of nitrogens with zero attached hydrogens (tertiary/aromatic N) is 1. The van der Waals surface area contributed by atoms with E-state index in [-0.39, 0.29) is 0 Å². The predicted molar refractivity (Wildman–Crippen MR) is 49.0 cm³/mol. The van der Waals surface area contributed by atoms with Crippen LogP contribution in [0.1, 0.15) is 6.92 Å². The minimum absolute atomic E-state index is 0.636. The van der Waals surface area contributed by atoms with Gasteiger partial charge in [-0.2, -0.15) is 0 Å². The highest BCUT2D eigenvalue weighted by Crippen LogP contribution is 1.94. The lowest BCUT2D eigenvalue weighted by Crippen LogP contribution is -2.25. The molecule has 0 aliphatic heterocycles. The first-order valence-electron chi connectivity index (χ1n) is 2.81. The van der Waals surface area contributed by atoms with Crippen molar-refractivity contribution in [3.8, 4) is 0 Å². The molecule has 0 rings (SSSR count). The molecule has 9 heavy (non-hydrogen) atoms. The Labute approximate surface area is 67.1 Å². The molecule has 0 bridgehead atoms. The van der Waals surface area contributed by atoms with Gasteiger partial charge in [0.1, 0.15) is 4.32 Å². The maximum atomic E-state index is 4.82. The molecule has 0 heterocycles. The molecule has 0 radical (unpaired) electrons. The average molecular weight is 161 g/mol. The Morgan fingerprint density at radius 3 is 2.56 bits per heavy atom. The van der Waals surface area contributed by atoms with Gasteiger partial charge in [-0.05, 0) is 6.92 Å². The van der Waals surface area contributed by atoms with Crippen LogP contribution >= 0.6 is 24.8 Å². The smallest absolute Gasteiger partial charge is 0.133 e. The number of hydrogen-bond acceptors (Lipinski definition) is 1. The lowest BCUT2D eigenvalue weighted by Gasteiger charge is -2.17. The summed E-state index contributed by atoms with van der Waals surface area (Å²) in [5.41, 5.74) is 0. The second-order valence-electron chi connectivity index (χ2n) is 1.61. The third kappa shape index (κ3) is 3.54. The maximum Gasteiger partial charge on any atom is 0.133 e. The number of thiol groups is 1. The van der Waals surface area contributed by atoms with Crippen molar-refractivity contribution in [2.75, 3.05) is 13.1 Å². The first-order valence-corrected chi connectivity index (χ1v) is 3.66. The molecule has 0 aliphatic rings. The molecular formula is C6H11NS2. The molecule has 0 amide bonds. The van der Waals surface area contributed by atoms with Crippen molar-refractivity contribution in [2.24, 2.45) is 0 Å². The van der Waals surface area contributed by atoms with Gasteiger partial charge in [0.15, 0.2) is 0 Å². The van der Waals surface area contributed by atoms with Gasteiger partial charge >= 0.3 is 0 Å².